The number of fused-ring (bicyclic) bond motifs is 1. The number of phenolic OH excluding ortho intramolecular Hbond substituents is 1. The summed E-state index contributed by atoms with van der Waals surface area (Å²) in [4.78, 5) is 0.660. The molecule has 0 fully saturated rings. The fourth-order valence-corrected chi connectivity index (χ4v) is 2.48. The Balaban J connectivity index is 2.79. The topological polar surface area (TPSA) is 44.0 Å². The number of nitriles is 1. The third-order valence-corrected chi connectivity index (χ3v) is 3.33. The lowest BCUT2D eigenvalue weighted by Gasteiger charge is -1.95. The first kappa shape index (κ1) is 8.54. The Kier molecular flexibility index (Phi) is 1.98. The Bertz CT molecular complexity index is 473. The first-order chi connectivity index (χ1) is 6.20. The van der Waals surface area contributed by atoms with Gasteiger partial charge >= 0.3 is 0 Å². The van der Waals surface area contributed by atoms with Gasteiger partial charge in [-0.05, 0) is 39.5 Å². The molecule has 2 nitrogen and oxygen atoms in total. The van der Waals surface area contributed by atoms with E-state index in [1.54, 1.807) is 12.1 Å². The molecule has 0 unspecified atom stereocenters. The third kappa shape index (κ3) is 1.41. The van der Waals surface area contributed by atoms with E-state index in [9.17, 15) is 5.11 Å². The third-order valence-electron chi connectivity index (χ3n) is 1.70. The maximum Gasteiger partial charge on any atom is 0.130 e. The summed E-state index contributed by atoms with van der Waals surface area (Å²) in [6.07, 6.45) is 0. The molecule has 0 saturated carbocycles. The summed E-state index contributed by atoms with van der Waals surface area (Å²) in [6.45, 7) is 0. The maximum absolute atomic E-state index is 9.37. The second-order valence-corrected chi connectivity index (χ2v) is 4.50. The number of nitrogens with zero attached hydrogens (tertiary/aromatic N) is 1. The van der Waals surface area contributed by atoms with Gasteiger partial charge in [0.15, 0.2) is 0 Å². The molecule has 1 aromatic heterocycles. The summed E-state index contributed by atoms with van der Waals surface area (Å²) in [5.74, 6) is 0.204. The van der Waals surface area contributed by atoms with Crippen LogP contribution in [0.25, 0.3) is 10.1 Å². The van der Waals surface area contributed by atoms with Gasteiger partial charge in [-0.2, -0.15) is 5.26 Å². The van der Waals surface area contributed by atoms with Crippen LogP contribution in [0.4, 0.5) is 0 Å². The molecule has 2 aromatic rings. The van der Waals surface area contributed by atoms with E-state index in [-0.39, 0.29) is 5.75 Å². The summed E-state index contributed by atoms with van der Waals surface area (Å²) in [5, 5.41) is 18.9. The number of benzene rings is 1. The summed E-state index contributed by atoms with van der Waals surface area (Å²) >= 11 is 4.64. The van der Waals surface area contributed by atoms with Crippen molar-refractivity contribution in [2.45, 2.75) is 0 Å². The zero-order valence-electron chi connectivity index (χ0n) is 6.41. The Labute approximate surface area is 87.2 Å². The fourth-order valence-electron chi connectivity index (χ4n) is 1.11. The molecule has 1 aromatic carbocycles. The van der Waals surface area contributed by atoms with E-state index in [0.717, 1.165) is 10.1 Å². The molecule has 0 aliphatic rings. The molecule has 0 spiro atoms. The van der Waals surface area contributed by atoms with E-state index in [0.29, 0.717) is 9.35 Å². The monoisotopic (exact) mass is 253 g/mol. The molecule has 1 N–H and O–H groups in total. The van der Waals surface area contributed by atoms with Crippen LogP contribution in [0.5, 0.6) is 5.75 Å². The second-order valence-electron chi connectivity index (χ2n) is 2.56. The van der Waals surface area contributed by atoms with Crippen molar-refractivity contribution >= 4 is 37.4 Å². The van der Waals surface area contributed by atoms with Crippen LogP contribution in [-0.2, 0) is 0 Å². The normalized spacial score (nSPS) is 10.2. The number of phenols is 1. The van der Waals surface area contributed by atoms with Crippen molar-refractivity contribution < 1.29 is 5.11 Å². The lowest BCUT2D eigenvalue weighted by molar-refractivity contribution is 0.473. The summed E-state index contributed by atoms with van der Waals surface area (Å²) in [7, 11) is 0. The zero-order valence-corrected chi connectivity index (χ0v) is 8.82. The van der Waals surface area contributed by atoms with Crippen LogP contribution in [-0.4, -0.2) is 5.11 Å². The summed E-state index contributed by atoms with van der Waals surface area (Å²) in [6, 6.07) is 7.31. The predicted octanol–water partition coefficient (Wildman–Crippen LogP) is 3.24. The molecule has 64 valence electrons. The quantitative estimate of drug-likeness (QED) is 0.784. The molecular formula is C9H4BrNOS. The number of aromatic hydroxyl groups is 1. The van der Waals surface area contributed by atoms with Gasteiger partial charge in [0.1, 0.15) is 16.7 Å². The lowest BCUT2D eigenvalue weighted by atomic mass is 10.2. The Morgan fingerprint density at radius 3 is 2.85 bits per heavy atom. The molecule has 4 heteroatoms. The SMILES string of the molecule is N#Cc1cc2cc(O)c(Br)cc2s1. The molecule has 0 aliphatic carbocycles. The highest BCUT2D eigenvalue weighted by Crippen LogP contribution is 2.33. The largest absolute Gasteiger partial charge is 0.507 e. The van der Waals surface area contributed by atoms with E-state index < -0.39 is 0 Å². The minimum atomic E-state index is 0.204. The van der Waals surface area contributed by atoms with E-state index >= 15 is 0 Å². The number of hydrogen-bond acceptors (Lipinski definition) is 3. The van der Waals surface area contributed by atoms with E-state index in [1.165, 1.54) is 11.3 Å². The van der Waals surface area contributed by atoms with Gasteiger partial charge < -0.3 is 5.11 Å². The molecule has 0 atom stereocenters. The Morgan fingerprint density at radius 1 is 1.38 bits per heavy atom. The van der Waals surface area contributed by atoms with Crippen LogP contribution < -0.4 is 0 Å². The van der Waals surface area contributed by atoms with E-state index in [4.69, 9.17) is 5.26 Å². The van der Waals surface area contributed by atoms with Crippen LogP contribution in [0.3, 0.4) is 0 Å². The zero-order chi connectivity index (χ0) is 9.42. The van der Waals surface area contributed by atoms with Gasteiger partial charge in [0.2, 0.25) is 0 Å². The Morgan fingerprint density at radius 2 is 2.15 bits per heavy atom. The first-order valence-corrected chi connectivity index (χ1v) is 5.14. The molecule has 0 aliphatic heterocycles. The molecule has 0 amide bonds. The van der Waals surface area contributed by atoms with Crippen molar-refractivity contribution in [1.29, 1.82) is 5.26 Å². The fraction of sp³-hybridized carbons (Fsp3) is 0. The van der Waals surface area contributed by atoms with Crippen molar-refractivity contribution in [2.24, 2.45) is 0 Å². The van der Waals surface area contributed by atoms with Crippen LogP contribution in [0.1, 0.15) is 4.88 Å². The molecule has 0 bridgehead atoms. The lowest BCUT2D eigenvalue weighted by Crippen LogP contribution is -1.67. The molecule has 2 rings (SSSR count). The minimum absolute atomic E-state index is 0.204. The maximum atomic E-state index is 9.37. The highest BCUT2D eigenvalue weighted by molar-refractivity contribution is 9.10. The summed E-state index contributed by atoms with van der Waals surface area (Å²) in [5.41, 5.74) is 0. The van der Waals surface area contributed by atoms with Gasteiger partial charge in [-0.1, -0.05) is 0 Å². The minimum Gasteiger partial charge on any atom is -0.507 e. The van der Waals surface area contributed by atoms with E-state index in [1.807, 2.05) is 6.07 Å². The Hall–Kier alpha value is -1.05. The highest BCUT2D eigenvalue weighted by Gasteiger charge is 2.04. The number of hydrogen-bond donors (Lipinski definition) is 1. The van der Waals surface area contributed by atoms with Gasteiger partial charge in [-0.25, -0.2) is 0 Å². The van der Waals surface area contributed by atoms with Crippen LogP contribution in [0.2, 0.25) is 0 Å². The van der Waals surface area contributed by atoms with Gasteiger partial charge in [-0.15, -0.1) is 11.3 Å². The number of rotatable bonds is 0. The number of halogens is 1. The first-order valence-electron chi connectivity index (χ1n) is 3.53. The van der Waals surface area contributed by atoms with Crippen molar-refractivity contribution in [2.75, 3.05) is 0 Å². The van der Waals surface area contributed by atoms with Crippen LogP contribution in [0, 0.1) is 11.3 Å². The molecule has 0 saturated heterocycles. The smallest absolute Gasteiger partial charge is 0.130 e. The molecule has 1 heterocycles. The van der Waals surface area contributed by atoms with Gasteiger partial charge in [0.05, 0.1) is 4.47 Å². The number of thiophene rings is 1. The van der Waals surface area contributed by atoms with Crippen LogP contribution >= 0.6 is 27.3 Å². The van der Waals surface area contributed by atoms with Gasteiger partial charge in [0, 0.05) is 4.70 Å². The molecular weight excluding hydrogens is 250 g/mol. The average molecular weight is 254 g/mol. The van der Waals surface area contributed by atoms with Crippen molar-refractivity contribution in [3.8, 4) is 11.8 Å². The molecule has 0 radical (unpaired) electrons. The highest BCUT2D eigenvalue weighted by atomic mass is 79.9. The van der Waals surface area contributed by atoms with E-state index in [2.05, 4.69) is 22.0 Å². The molecule has 13 heavy (non-hydrogen) atoms. The summed E-state index contributed by atoms with van der Waals surface area (Å²) < 4.78 is 1.66. The van der Waals surface area contributed by atoms with Gasteiger partial charge in [0.25, 0.3) is 0 Å². The second kappa shape index (κ2) is 3.02. The standard InChI is InChI=1S/C9H4BrNOS/c10-7-3-9-5(2-8(7)12)1-6(4-11)13-9/h1-3,12H. The van der Waals surface area contributed by atoms with Crippen molar-refractivity contribution in [3.63, 3.8) is 0 Å². The van der Waals surface area contributed by atoms with Crippen molar-refractivity contribution in [1.82, 2.24) is 0 Å². The average Bonchev–Trinajstić information content (AvgIpc) is 2.48. The van der Waals surface area contributed by atoms with Crippen molar-refractivity contribution in [3.05, 3.63) is 27.5 Å². The van der Waals surface area contributed by atoms with Gasteiger partial charge in [-0.3, -0.25) is 0 Å². The van der Waals surface area contributed by atoms with Crippen LogP contribution in [0.15, 0.2) is 22.7 Å². The predicted molar refractivity (Wildman–Crippen MR) is 55.9 cm³/mol.